The lowest BCUT2D eigenvalue weighted by molar-refractivity contribution is 0.206. The predicted molar refractivity (Wildman–Crippen MR) is 95.4 cm³/mol. The smallest absolute Gasteiger partial charge is 0.322 e. The number of methoxy groups -OCH3 is 1. The van der Waals surface area contributed by atoms with Gasteiger partial charge in [-0.1, -0.05) is 6.07 Å². The Morgan fingerprint density at radius 2 is 2.04 bits per heavy atom. The van der Waals surface area contributed by atoms with Crippen molar-refractivity contribution in [3.05, 3.63) is 47.5 Å². The van der Waals surface area contributed by atoms with E-state index in [0.717, 1.165) is 12.0 Å². The number of ether oxygens (including phenoxy) is 2. The van der Waals surface area contributed by atoms with Gasteiger partial charge in [0, 0.05) is 24.8 Å². The predicted octanol–water partition coefficient (Wildman–Crippen LogP) is 3.39. The molecule has 0 spiro atoms. The van der Waals surface area contributed by atoms with Crippen LogP contribution in [0, 0.1) is 0 Å². The highest BCUT2D eigenvalue weighted by Crippen LogP contribution is 2.30. The molecule has 1 heterocycles. The van der Waals surface area contributed by atoms with E-state index in [2.05, 4.69) is 5.32 Å². The summed E-state index contributed by atoms with van der Waals surface area (Å²) in [6.07, 6.45) is 0.774. The number of hydrogen-bond donors (Lipinski definition) is 2. The molecule has 2 aromatic rings. The molecule has 1 aliphatic rings. The van der Waals surface area contributed by atoms with Crippen molar-refractivity contribution in [1.29, 1.82) is 0 Å². The number of hydrogen-bond acceptors (Lipinski definition) is 4. The summed E-state index contributed by atoms with van der Waals surface area (Å²) in [5.74, 6) is 1.44. The number of benzene rings is 2. The molecule has 0 bridgehead atoms. The molecule has 0 aliphatic carbocycles. The highest BCUT2D eigenvalue weighted by atomic mass is 16.5. The van der Waals surface area contributed by atoms with Crippen LogP contribution in [-0.2, 0) is 13.0 Å². The number of urea groups is 1. The van der Waals surface area contributed by atoms with Crippen LogP contribution in [0.5, 0.6) is 17.2 Å². The quantitative estimate of drug-likeness (QED) is 0.893. The first-order valence-electron chi connectivity index (χ1n) is 8.28. The maximum atomic E-state index is 12.6. The number of aromatic hydroxyl groups is 1. The van der Waals surface area contributed by atoms with Gasteiger partial charge in [-0.25, -0.2) is 4.79 Å². The van der Waals surface area contributed by atoms with Crippen molar-refractivity contribution < 1.29 is 19.4 Å². The number of phenols is 1. The fourth-order valence-electron chi connectivity index (χ4n) is 2.94. The van der Waals surface area contributed by atoms with Crippen molar-refractivity contribution in [2.45, 2.75) is 19.9 Å². The number of fused-ring (bicyclic) bond motifs is 1. The first-order chi connectivity index (χ1) is 12.1. The van der Waals surface area contributed by atoms with Crippen molar-refractivity contribution in [2.75, 3.05) is 25.6 Å². The van der Waals surface area contributed by atoms with Crippen molar-refractivity contribution in [3.8, 4) is 17.2 Å². The maximum Gasteiger partial charge on any atom is 0.322 e. The van der Waals surface area contributed by atoms with Crippen molar-refractivity contribution >= 4 is 11.7 Å². The summed E-state index contributed by atoms with van der Waals surface area (Å²) in [4.78, 5) is 14.3. The number of carbonyl (C=O) groups is 1. The molecule has 0 fully saturated rings. The molecule has 0 saturated carbocycles. The SMILES string of the molecule is CCOc1cc(NC(=O)N2CCc3ccc(O)cc3C2)ccc1OC. The molecule has 2 aromatic carbocycles. The van der Waals surface area contributed by atoms with Crippen LogP contribution < -0.4 is 14.8 Å². The Balaban J connectivity index is 1.71. The number of rotatable bonds is 4. The molecule has 0 unspecified atom stereocenters. The van der Waals surface area contributed by atoms with E-state index in [4.69, 9.17) is 9.47 Å². The number of carbonyl (C=O) groups excluding carboxylic acids is 1. The maximum absolute atomic E-state index is 12.6. The minimum absolute atomic E-state index is 0.179. The topological polar surface area (TPSA) is 71.0 Å². The van der Waals surface area contributed by atoms with Gasteiger partial charge in [0.1, 0.15) is 5.75 Å². The highest BCUT2D eigenvalue weighted by Gasteiger charge is 2.21. The summed E-state index contributed by atoms with van der Waals surface area (Å²) < 4.78 is 10.8. The summed E-state index contributed by atoms with van der Waals surface area (Å²) >= 11 is 0. The van der Waals surface area contributed by atoms with Gasteiger partial charge in [-0.15, -0.1) is 0 Å². The molecule has 0 saturated heterocycles. The first-order valence-corrected chi connectivity index (χ1v) is 8.28. The number of nitrogens with zero attached hydrogens (tertiary/aromatic N) is 1. The minimum Gasteiger partial charge on any atom is -0.508 e. The van der Waals surface area contributed by atoms with Gasteiger partial charge in [0.15, 0.2) is 11.5 Å². The Bertz CT molecular complexity index is 776. The molecule has 1 aliphatic heterocycles. The molecular weight excluding hydrogens is 320 g/mol. The third kappa shape index (κ3) is 3.79. The van der Waals surface area contributed by atoms with E-state index in [9.17, 15) is 9.90 Å². The van der Waals surface area contributed by atoms with Gasteiger partial charge in [0.25, 0.3) is 0 Å². The Morgan fingerprint density at radius 1 is 1.20 bits per heavy atom. The zero-order valence-electron chi connectivity index (χ0n) is 14.4. The van der Waals surface area contributed by atoms with Crippen LogP contribution >= 0.6 is 0 Å². The molecule has 6 heteroatoms. The van der Waals surface area contributed by atoms with Crippen molar-refractivity contribution in [2.24, 2.45) is 0 Å². The van der Waals surface area contributed by atoms with Crippen LogP contribution in [0.4, 0.5) is 10.5 Å². The van der Waals surface area contributed by atoms with Gasteiger partial charge in [0.05, 0.1) is 13.7 Å². The summed E-state index contributed by atoms with van der Waals surface area (Å²) in [6.45, 7) is 3.52. The lowest BCUT2D eigenvalue weighted by Gasteiger charge is -2.29. The molecule has 0 aromatic heterocycles. The zero-order valence-corrected chi connectivity index (χ0v) is 14.4. The molecule has 2 amide bonds. The molecule has 2 N–H and O–H groups in total. The zero-order chi connectivity index (χ0) is 17.8. The summed E-state index contributed by atoms with van der Waals surface area (Å²) in [7, 11) is 1.58. The molecule has 132 valence electrons. The fourth-order valence-corrected chi connectivity index (χ4v) is 2.94. The van der Waals surface area contributed by atoms with Gasteiger partial charge >= 0.3 is 6.03 Å². The Kier molecular flexibility index (Phi) is 4.97. The van der Waals surface area contributed by atoms with E-state index in [1.807, 2.05) is 13.0 Å². The van der Waals surface area contributed by atoms with Crippen LogP contribution in [-0.4, -0.2) is 36.3 Å². The second-order valence-corrected chi connectivity index (χ2v) is 5.85. The molecule has 0 atom stereocenters. The molecule has 25 heavy (non-hydrogen) atoms. The monoisotopic (exact) mass is 342 g/mol. The molecule has 3 rings (SSSR count). The average molecular weight is 342 g/mol. The van der Waals surface area contributed by atoms with Crippen LogP contribution in [0.25, 0.3) is 0 Å². The van der Waals surface area contributed by atoms with E-state index in [1.165, 1.54) is 5.56 Å². The first kappa shape index (κ1) is 17.0. The largest absolute Gasteiger partial charge is 0.508 e. The third-order valence-electron chi connectivity index (χ3n) is 4.20. The summed E-state index contributed by atoms with van der Waals surface area (Å²) in [5.41, 5.74) is 2.80. The van der Waals surface area contributed by atoms with Crippen LogP contribution in [0.15, 0.2) is 36.4 Å². The van der Waals surface area contributed by atoms with Crippen molar-refractivity contribution in [1.82, 2.24) is 4.90 Å². The van der Waals surface area contributed by atoms with E-state index in [-0.39, 0.29) is 11.8 Å². The van der Waals surface area contributed by atoms with E-state index < -0.39 is 0 Å². The second-order valence-electron chi connectivity index (χ2n) is 5.85. The lowest BCUT2D eigenvalue weighted by atomic mass is 10.00. The summed E-state index contributed by atoms with van der Waals surface area (Å²) in [5, 5.41) is 12.5. The van der Waals surface area contributed by atoms with Gasteiger partial charge in [-0.05, 0) is 48.7 Å². The molecule has 0 radical (unpaired) electrons. The second kappa shape index (κ2) is 7.34. The molecular formula is C19H22N2O4. The number of phenolic OH excluding ortho intramolecular Hbond substituents is 1. The summed E-state index contributed by atoms with van der Waals surface area (Å²) in [6, 6.07) is 10.4. The van der Waals surface area contributed by atoms with Crippen LogP contribution in [0.1, 0.15) is 18.1 Å². The Hall–Kier alpha value is -2.89. The van der Waals surface area contributed by atoms with Crippen LogP contribution in [0.2, 0.25) is 0 Å². The normalized spacial score (nSPS) is 13.1. The van der Waals surface area contributed by atoms with Gasteiger partial charge < -0.3 is 24.8 Å². The van der Waals surface area contributed by atoms with E-state index in [1.54, 1.807) is 42.3 Å². The fraction of sp³-hybridized carbons (Fsp3) is 0.316. The van der Waals surface area contributed by atoms with Crippen LogP contribution in [0.3, 0.4) is 0 Å². The third-order valence-corrected chi connectivity index (χ3v) is 4.20. The number of nitrogens with one attached hydrogen (secondary N) is 1. The number of anilines is 1. The van der Waals surface area contributed by atoms with Crippen molar-refractivity contribution in [3.63, 3.8) is 0 Å². The lowest BCUT2D eigenvalue weighted by Crippen LogP contribution is -2.38. The minimum atomic E-state index is -0.179. The molecule has 6 nitrogen and oxygen atoms in total. The van der Waals surface area contributed by atoms with Gasteiger partial charge in [-0.2, -0.15) is 0 Å². The average Bonchev–Trinajstić information content (AvgIpc) is 2.61. The standard InChI is InChI=1S/C19H22N2O4/c1-3-25-18-11-15(5-7-17(18)24-2)20-19(23)21-9-8-13-4-6-16(22)10-14(13)12-21/h4-7,10-11,22H,3,8-9,12H2,1-2H3,(H,20,23). The highest BCUT2D eigenvalue weighted by molar-refractivity contribution is 5.90. The number of amides is 2. The van der Waals surface area contributed by atoms with E-state index >= 15 is 0 Å². The van der Waals surface area contributed by atoms with Gasteiger partial charge in [0.2, 0.25) is 0 Å². The Morgan fingerprint density at radius 3 is 2.80 bits per heavy atom. The Labute approximate surface area is 147 Å². The van der Waals surface area contributed by atoms with E-state index in [0.29, 0.717) is 36.9 Å². The van der Waals surface area contributed by atoms with Gasteiger partial charge in [-0.3, -0.25) is 0 Å².